The minimum atomic E-state index is -4.61. The van der Waals surface area contributed by atoms with Crippen LogP contribution in [0.25, 0.3) is 16.9 Å². The molecule has 39 heavy (non-hydrogen) atoms. The minimum absolute atomic E-state index is 0.205. The van der Waals surface area contributed by atoms with Crippen molar-refractivity contribution in [2.75, 3.05) is 18.6 Å². The molecule has 0 spiro atoms. The predicted molar refractivity (Wildman–Crippen MR) is 126 cm³/mol. The third-order valence-corrected chi connectivity index (χ3v) is 6.31. The van der Waals surface area contributed by atoms with Gasteiger partial charge in [-0.25, -0.2) is 9.67 Å². The van der Waals surface area contributed by atoms with E-state index in [-0.39, 0.29) is 23.5 Å². The lowest BCUT2D eigenvalue weighted by Crippen LogP contribution is -2.42. The van der Waals surface area contributed by atoms with E-state index in [4.69, 9.17) is 4.74 Å². The monoisotopic (exact) mass is 550 g/mol. The van der Waals surface area contributed by atoms with Gasteiger partial charge in [-0.15, -0.1) is 5.10 Å². The van der Waals surface area contributed by atoms with Crippen LogP contribution in [0.4, 0.5) is 32.0 Å². The zero-order valence-electron chi connectivity index (χ0n) is 20.2. The summed E-state index contributed by atoms with van der Waals surface area (Å²) < 4.78 is 86.8. The number of anilines is 1. The van der Waals surface area contributed by atoms with E-state index in [1.807, 2.05) is 0 Å². The number of benzene rings is 2. The summed E-state index contributed by atoms with van der Waals surface area (Å²) in [6, 6.07) is 10.0. The Balaban J connectivity index is 1.45. The van der Waals surface area contributed by atoms with Crippen LogP contribution in [0.5, 0.6) is 5.75 Å². The Morgan fingerprint density at radius 1 is 1.03 bits per heavy atom. The van der Waals surface area contributed by atoms with Crippen LogP contribution in [-0.4, -0.2) is 50.3 Å². The van der Waals surface area contributed by atoms with Crippen LogP contribution in [0.1, 0.15) is 23.7 Å². The maximum atomic E-state index is 13.4. The Labute approximate surface area is 217 Å². The highest BCUT2D eigenvalue weighted by Crippen LogP contribution is 2.35. The molecule has 14 heteroatoms. The van der Waals surface area contributed by atoms with E-state index in [1.54, 1.807) is 24.3 Å². The SMILES string of the molecule is COc1cc(-c2cn([C@H]3CCc4ccccc4N(CC(F)(F)F)C3=O)nn2)ccc1-n1cnc(C(F)(F)F)c1. The summed E-state index contributed by atoms with van der Waals surface area (Å²) in [7, 11) is 1.35. The largest absolute Gasteiger partial charge is 0.495 e. The fraction of sp³-hybridized carbons (Fsp3) is 0.280. The average Bonchev–Trinajstić information content (AvgIpc) is 3.55. The third kappa shape index (κ3) is 5.31. The first-order valence-corrected chi connectivity index (χ1v) is 11.6. The van der Waals surface area contributed by atoms with Crippen LogP contribution in [0.15, 0.2) is 61.2 Å². The first-order chi connectivity index (χ1) is 18.4. The molecule has 1 aliphatic heterocycles. The van der Waals surface area contributed by atoms with Crippen molar-refractivity contribution in [3.8, 4) is 22.7 Å². The molecule has 0 bridgehead atoms. The molecule has 1 atom stereocenters. The van der Waals surface area contributed by atoms with Gasteiger partial charge in [0.25, 0.3) is 5.91 Å². The number of imidazole rings is 1. The number of fused-ring (bicyclic) bond motifs is 1. The van der Waals surface area contributed by atoms with Crippen molar-refractivity contribution >= 4 is 11.6 Å². The van der Waals surface area contributed by atoms with Crippen molar-refractivity contribution in [3.63, 3.8) is 0 Å². The number of aromatic nitrogens is 5. The van der Waals surface area contributed by atoms with E-state index >= 15 is 0 Å². The van der Waals surface area contributed by atoms with Crippen LogP contribution in [0.2, 0.25) is 0 Å². The predicted octanol–water partition coefficient (Wildman–Crippen LogP) is 5.24. The number of hydrogen-bond donors (Lipinski definition) is 0. The second-order valence-electron chi connectivity index (χ2n) is 8.86. The number of methoxy groups -OCH3 is 1. The molecule has 0 radical (unpaired) electrons. The molecule has 0 N–H and O–H groups in total. The summed E-state index contributed by atoms with van der Waals surface area (Å²) in [4.78, 5) is 17.4. The zero-order chi connectivity index (χ0) is 27.9. The zero-order valence-corrected chi connectivity index (χ0v) is 20.2. The number of ether oxygens (including phenoxy) is 1. The molecule has 4 aromatic rings. The Kier molecular flexibility index (Phi) is 6.56. The Morgan fingerprint density at radius 2 is 1.79 bits per heavy atom. The molecule has 8 nitrogen and oxygen atoms in total. The quantitative estimate of drug-likeness (QED) is 0.318. The van der Waals surface area contributed by atoms with E-state index in [0.717, 1.165) is 17.4 Å². The lowest BCUT2D eigenvalue weighted by atomic mass is 10.1. The van der Waals surface area contributed by atoms with Gasteiger partial charge in [0, 0.05) is 17.4 Å². The number of alkyl halides is 6. The molecule has 204 valence electrons. The van der Waals surface area contributed by atoms with Gasteiger partial charge < -0.3 is 14.2 Å². The minimum Gasteiger partial charge on any atom is -0.495 e. The smallest absolute Gasteiger partial charge is 0.434 e. The molecule has 1 aliphatic rings. The number of nitrogens with zero attached hydrogens (tertiary/aromatic N) is 6. The fourth-order valence-electron chi connectivity index (χ4n) is 4.50. The topological polar surface area (TPSA) is 78.1 Å². The summed E-state index contributed by atoms with van der Waals surface area (Å²) in [5, 5.41) is 8.11. The summed E-state index contributed by atoms with van der Waals surface area (Å²) in [5.41, 5.74) is 0.804. The maximum absolute atomic E-state index is 13.4. The van der Waals surface area contributed by atoms with Crippen molar-refractivity contribution in [2.45, 2.75) is 31.2 Å². The molecule has 3 heterocycles. The Bertz CT molecular complexity index is 1510. The van der Waals surface area contributed by atoms with Gasteiger partial charge in [-0.2, -0.15) is 26.3 Å². The summed E-state index contributed by atoms with van der Waals surface area (Å²) >= 11 is 0. The summed E-state index contributed by atoms with van der Waals surface area (Å²) in [6.07, 6.45) is -5.38. The highest BCUT2D eigenvalue weighted by molar-refractivity contribution is 5.97. The van der Waals surface area contributed by atoms with Gasteiger partial charge in [-0.3, -0.25) is 4.79 Å². The Hall–Kier alpha value is -4.36. The van der Waals surface area contributed by atoms with E-state index in [1.165, 1.54) is 40.8 Å². The number of amides is 1. The summed E-state index contributed by atoms with van der Waals surface area (Å²) in [5.74, 6) is -0.548. The molecular formula is C25H20F6N6O2. The molecule has 0 saturated heterocycles. The van der Waals surface area contributed by atoms with Crippen LogP contribution < -0.4 is 9.64 Å². The van der Waals surface area contributed by atoms with E-state index in [2.05, 4.69) is 15.3 Å². The highest BCUT2D eigenvalue weighted by Gasteiger charge is 2.39. The van der Waals surface area contributed by atoms with Gasteiger partial charge in [0.1, 0.15) is 24.0 Å². The first kappa shape index (κ1) is 26.3. The van der Waals surface area contributed by atoms with Crippen molar-refractivity contribution in [3.05, 3.63) is 72.4 Å². The fourth-order valence-corrected chi connectivity index (χ4v) is 4.50. The second kappa shape index (κ2) is 9.75. The Morgan fingerprint density at radius 3 is 2.49 bits per heavy atom. The number of carbonyl (C=O) groups excluding carboxylic acids is 1. The highest BCUT2D eigenvalue weighted by atomic mass is 19.4. The van der Waals surface area contributed by atoms with Crippen molar-refractivity contribution in [1.29, 1.82) is 0 Å². The number of rotatable bonds is 5. The van der Waals surface area contributed by atoms with Crippen LogP contribution in [0, 0.1) is 0 Å². The number of para-hydroxylation sites is 1. The van der Waals surface area contributed by atoms with Gasteiger partial charge in [0.15, 0.2) is 5.69 Å². The van der Waals surface area contributed by atoms with E-state index < -0.39 is 36.5 Å². The van der Waals surface area contributed by atoms with E-state index in [9.17, 15) is 31.1 Å². The summed E-state index contributed by atoms with van der Waals surface area (Å²) in [6.45, 7) is -1.44. The number of aryl methyl sites for hydroxylation is 1. The number of halogens is 6. The van der Waals surface area contributed by atoms with Gasteiger partial charge in [-0.05, 0) is 36.6 Å². The molecule has 2 aromatic carbocycles. The number of carbonyl (C=O) groups is 1. The lowest BCUT2D eigenvalue weighted by Gasteiger charge is -2.26. The van der Waals surface area contributed by atoms with Crippen LogP contribution in [-0.2, 0) is 17.4 Å². The van der Waals surface area contributed by atoms with Crippen molar-refractivity contribution in [2.24, 2.45) is 0 Å². The van der Waals surface area contributed by atoms with Crippen molar-refractivity contribution < 1.29 is 35.9 Å². The van der Waals surface area contributed by atoms with Gasteiger partial charge in [-0.1, -0.05) is 29.5 Å². The molecular weight excluding hydrogens is 530 g/mol. The average molecular weight is 550 g/mol. The second-order valence-corrected chi connectivity index (χ2v) is 8.86. The van der Waals surface area contributed by atoms with Gasteiger partial charge in [0.05, 0.1) is 25.3 Å². The number of hydrogen-bond acceptors (Lipinski definition) is 5. The normalized spacial score (nSPS) is 16.2. The van der Waals surface area contributed by atoms with Crippen LogP contribution >= 0.6 is 0 Å². The first-order valence-electron chi connectivity index (χ1n) is 11.6. The van der Waals surface area contributed by atoms with E-state index in [0.29, 0.717) is 23.2 Å². The lowest BCUT2D eigenvalue weighted by molar-refractivity contribution is -0.141. The molecule has 0 aliphatic carbocycles. The molecule has 0 fully saturated rings. The van der Waals surface area contributed by atoms with Gasteiger partial charge in [0.2, 0.25) is 0 Å². The third-order valence-electron chi connectivity index (χ3n) is 6.31. The molecule has 0 saturated carbocycles. The molecule has 1 amide bonds. The molecule has 0 unspecified atom stereocenters. The van der Waals surface area contributed by atoms with Crippen LogP contribution in [0.3, 0.4) is 0 Å². The molecule has 5 rings (SSSR count). The van der Waals surface area contributed by atoms with Crippen molar-refractivity contribution in [1.82, 2.24) is 24.5 Å². The molecule has 2 aromatic heterocycles. The maximum Gasteiger partial charge on any atom is 0.434 e. The standard InChI is InChI=1S/C25H20F6N6O2/c1-39-21-10-16(7-8-19(21)35-12-22(32-14-35)25(29,30)31)17-11-37(34-33-17)20-9-6-15-4-2-3-5-18(15)36(23(20)38)13-24(26,27)28/h2-5,7-8,10-12,14,20H,6,9,13H2,1H3/t20-/m0/s1. The van der Waals surface area contributed by atoms with Gasteiger partial charge >= 0.3 is 12.4 Å².